The molecule has 3 aliphatic carbocycles. The van der Waals surface area contributed by atoms with Crippen LogP contribution in [0, 0.1) is 17.3 Å². The average molecular weight is 242 g/mol. The fraction of sp³-hybridized carbons (Fsp3) is 0.923. The summed E-state index contributed by atoms with van der Waals surface area (Å²) >= 11 is 0. The second kappa shape index (κ2) is 3.95. The molecule has 0 aliphatic heterocycles. The van der Waals surface area contributed by atoms with Crippen LogP contribution in [0.4, 0.5) is 0 Å². The first-order chi connectivity index (χ1) is 7.78. The highest BCUT2D eigenvalue weighted by Gasteiger charge is 2.64. The van der Waals surface area contributed by atoms with E-state index in [1.54, 1.807) is 0 Å². The molecule has 3 aliphatic rings. The van der Waals surface area contributed by atoms with Crippen molar-refractivity contribution in [3.63, 3.8) is 0 Å². The molecule has 0 aromatic carbocycles. The highest BCUT2D eigenvalue weighted by molar-refractivity contribution is 5.65. The highest BCUT2D eigenvalue weighted by Crippen LogP contribution is 2.63. The summed E-state index contributed by atoms with van der Waals surface area (Å²) < 4.78 is 4.88. The van der Waals surface area contributed by atoms with Crippen molar-refractivity contribution in [2.24, 2.45) is 17.3 Å². The van der Waals surface area contributed by atoms with Crippen LogP contribution >= 0.6 is 0 Å². The lowest BCUT2D eigenvalue weighted by Gasteiger charge is -2.65. The smallest absolute Gasteiger partial charge is 0.302 e. The van der Waals surface area contributed by atoms with Crippen molar-refractivity contribution in [2.75, 3.05) is 6.61 Å². The summed E-state index contributed by atoms with van der Waals surface area (Å²) in [6.45, 7) is 5.83. The predicted octanol–water partition coefficient (Wildman–Crippen LogP) is 1.10. The van der Waals surface area contributed by atoms with E-state index in [0.717, 1.165) is 6.42 Å². The first-order valence-electron chi connectivity index (χ1n) is 6.32. The second-order valence-electron chi connectivity index (χ2n) is 6.14. The second-order valence-corrected chi connectivity index (χ2v) is 6.14. The van der Waals surface area contributed by atoms with E-state index in [9.17, 15) is 15.0 Å². The molecule has 0 unspecified atom stereocenters. The summed E-state index contributed by atoms with van der Waals surface area (Å²) in [4.78, 5) is 10.7. The Labute approximate surface area is 102 Å². The first-order valence-corrected chi connectivity index (χ1v) is 6.32. The third-order valence-corrected chi connectivity index (χ3v) is 4.97. The van der Waals surface area contributed by atoms with Crippen molar-refractivity contribution < 1.29 is 19.7 Å². The molecule has 4 atom stereocenters. The molecule has 2 N–H and O–H groups in total. The van der Waals surface area contributed by atoms with Gasteiger partial charge in [-0.25, -0.2) is 0 Å². The van der Waals surface area contributed by atoms with E-state index in [4.69, 9.17) is 4.74 Å². The number of carbonyl (C=O) groups excluding carboxylic acids is 1. The first kappa shape index (κ1) is 12.8. The number of fused-ring (bicyclic) bond motifs is 2. The third kappa shape index (κ3) is 1.87. The standard InChI is InChI=1S/C13H22O4/c1-8(14)17-5-4-13(16)10-6-9(7-11(13)15)12(10,2)3/h9-11,15-16H,4-7H2,1-3H3/t9-,10-,11-,13+/m0/s1. The molecule has 2 bridgehead atoms. The van der Waals surface area contributed by atoms with Gasteiger partial charge in [-0.15, -0.1) is 0 Å². The molecule has 0 heterocycles. The van der Waals surface area contributed by atoms with E-state index in [1.165, 1.54) is 6.92 Å². The molecule has 4 heteroatoms. The number of ether oxygens (including phenoxy) is 1. The minimum Gasteiger partial charge on any atom is -0.466 e. The Hall–Kier alpha value is -0.610. The van der Waals surface area contributed by atoms with Crippen molar-refractivity contribution in [3.8, 4) is 0 Å². The van der Waals surface area contributed by atoms with Gasteiger partial charge in [0.25, 0.3) is 0 Å². The van der Waals surface area contributed by atoms with Crippen LogP contribution in [-0.2, 0) is 9.53 Å². The van der Waals surface area contributed by atoms with Gasteiger partial charge in [-0.1, -0.05) is 13.8 Å². The van der Waals surface area contributed by atoms with Gasteiger partial charge in [0.2, 0.25) is 0 Å². The molecular formula is C13H22O4. The monoisotopic (exact) mass is 242 g/mol. The topological polar surface area (TPSA) is 66.8 Å². The van der Waals surface area contributed by atoms with Crippen molar-refractivity contribution in [2.45, 2.75) is 51.7 Å². The Bertz CT molecular complexity index is 325. The van der Waals surface area contributed by atoms with Crippen molar-refractivity contribution in [1.29, 1.82) is 0 Å². The Balaban J connectivity index is 2.03. The molecule has 0 spiro atoms. The fourth-order valence-corrected chi connectivity index (χ4v) is 3.67. The van der Waals surface area contributed by atoms with Crippen LogP contribution in [0.3, 0.4) is 0 Å². The number of hydrogen-bond acceptors (Lipinski definition) is 4. The molecule has 4 nitrogen and oxygen atoms in total. The molecule has 98 valence electrons. The number of esters is 1. The number of aliphatic hydroxyl groups is 2. The van der Waals surface area contributed by atoms with Crippen LogP contribution in [0.2, 0.25) is 0 Å². The Morgan fingerprint density at radius 3 is 2.59 bits per heavy atom. The van der Waals surface area contributed by atoms with Crippen LogP contribution in [0.5, 0.6) is 0 Å². The van der Waals surface area contributed by atoms with Crippen molar-refractivity contribution >= 4 is 5.97 Å². The molecule has 3 rings (SSSR count). The van der Waals surface area contributed by atoms with Crippen LogP contribution in [0.15, 0.2) is 0 Å². The zero-order valence-corrected chi connectivity index (χ0v) is 10.8. The summed E-state index contributed by atoms with van der Waals surface area (Å²) in [7, 11) is 0. The lowest BCUT2D eigenvalue weighted by atomic mass is 9.43. The number of rotatable bonds is 3. The molecule has 0 aromatic rings. The van der Waals surface area contributed by atoms with Gasteiger partial charge in [0.15, 0.2) is 0 Å². The maximum Gasteiger partial charge on any atom is 0.302 e. The van der Waals surface area contributed by atoms with Gasteiger partial charge in [0.05, 0.1) is 18.3 Å². The van der Waals surface area contributed by atoms with E-state index in [2.05, 4.69) is 13.8 Å². The molecular weight excluding hydrogens is 220 g/mol. The normalized spacial score (nSPS) is 42.8. The quantitative estimate of drug-likeness (QED) is 0.727. The van der Waals surface area contributed by atoms with Gasteiger partial charge >= 0.3 is 5.97 Å². The van der Waals surface area contributed by atoms with Crippen molar-refractivity contribution in [3.05, 3.63) is 0 Å². The highest BCUT2D eigenvalue weighted by atomic mass is 16.5. The summed E-state index contributed by atoms with van der Waals surface area (Å²) in [6, 6.07) is 0. The van der Waals surface area contributed by atoms with Crippen LogP contribution in [0.1, 0.15) is 40.0 Å². The molecule has 3 saturated carbocycles. The van der Waals surface area contributed by atoms with Crippen LogP contribution in [-0.4, -0.2) is 34.5 Å². The lowest BCUT2D eigenvalue weighted by Crippen LogP contribution is -2.67. The van der Waals surface area contributed by atoms with Gasteiger partial charge in [-0.05, 0) is 30.1 Å². The number of carbonyl (C=O) groups is 1. The Kier molecular flexibility index (Phi) is 2.99. The molecule has 3 fully saturated rings. The molecule has 17 heavy (non-hydrogen) atoms. The molecule has 0 saturated heterocycles. The molecule has 0 aromatic heterocycles. The zero-order chi connectivity index (χ0) is 12.8. The molecule has 0 amide bonds. The maximum absolute atomic E-state index is 10.7. The summed E-state index contributed by atoms with van der Waals surface area (Å²) in [5, 5.41) is 20.7. The van der Waals surface area contributed by atoms with Gasteiger partial charge in [0, 0.05) is 13.3 Å². The summed E-state index contributed by atoms with van der Waals surface area (Å²) in [5.74, 6) is 0.278. The summed E-state index contributed by atoms with van der Waals surface area (Å²) in [6.07, 6.45) is 1.27. The Morgan fingerprint density at radius 1 is 1.41 bits per heavy atom. The van der Waals surface area contributed by atoms with E-state index >= 15 is 0 Å². The third-order valence-electron chi connectivity index (χ3n) is 4.97. The Morgan fingerprint density at radius 2 is 2.06 bits per heavy atom. The van der Waals surface area contributed by atoms with Crippen LogP contribution in [0.25, 0.3) is 0 Å². The molecule has 0 radical (unpaired) electrons. The average Bonchev–Trinajstić information content (AvgIpc) is 2.21. The maximum atomic E-state index is 10.7. The van der Waals surface area contributed by atoms with Crippen molar-refractivity contribution in [1.82, 2.24) is 0 Å². The fourth-order valence-electron chi connectivity index (χ4n) is 3.67. The van der Waals surface area contributed by atoms with E-state index in [0.29, 0.717) is 18.8 Å². The lowest BCUT2D eigenvalue weighted by molar-refractivity contribution is -0.258. The van der Waals surface area contributed by atoms with E-state index < -0.39 is 11.7 Å². The predicted molar refractivity (Wildman–Crippen MR) is 62.2 cm³/mol. The number of hydrogen-bond donors (Lipinski definition) is 2. The number of aliphatic hydroxyl groups excluding tert-OH is 1. The van der Waals surface area contributed by atoms with Gasteiger partial charge in [-0.2, -0.15) is 0 Å². The summed E-state index contributed by atoms with van der Waals surface area (Å²) in [5.41, 5.74) is -1.00. The zero-order valence-electron chi connectivity index (χ0n) is 10.8. The van der Waals surface area contributed by atoms with Gasteiger partial charge in [0.1, 0.15) is 0 Å². The largest absolute Gasteiger partial charge is 0.466 e. The van der Waals surface area contributed by atoms with E-state index in [1.807, 2.05) is 0 Å². The SMILES string of the molecule is CC(=O)OCC[C@]1(O)[C@@H](O)C[C@@H]2C[C@H]1C2(C)C. The van der Waals surface area contributed by atoms with Gasteiger partial charge in [-0.3, -0.25) is 4.79 Å². The minimum atomic E-state index is -1.09. The van der Waals surface area contributed by atoms with Crippen LogP contribution < -0.4 is 0 Å². The van der Waals surface area contributed by atoms with E-state index in [-0.39, 0.29) is 23.9 Å². The van der Waals surface area contributed by atoms with Gasteiger partial charge < -0.3 is 14.9 Å². The minimum absolute atomic E-state index is 0.0875.